The van der Waals surface area contributed by atoms with E-state index in [0.29, 0.717) is 0 Å². The van der Waals surface area contributed by atoms with Gasteiger partial charge in [0, 0.05) is 13.1 Å². The standard InChI is InChI=1S/C17H30N2/c1-2-7-13-18-17(12-6-1,19-14-8-9-15-19)16-10-4-3-5-11-16/h10,18H,1-9,11-15H2. The molecule has 2 nitrogen and oxygen atoms in total. The van der Waals surface area contributed by atoms with Crippen molar-refractivity contribution in [2.24, 2.45) is 0 Å². The molecule has 108 valence electrons. The molecule has 3 aliphatic rings. The third-order valence-electron chi connectivity index (χ3n) is 5.35. The lowest BCUT2D eigenvalue weighted by Gasteiger charge is -2.47. The first-order valence-electron chi connectivity index (χ1n) is 8.61. The lowest BCUT2D eigenvalue weighted by molar-refractivity contribution is 0.0903. The average molecular weight is 262 g/mol. The highest BCUT2D eigenvalue weighted by Gasteiger charge is 2.40. The minimum Gasteiger partial charge on any atom is -0.296 e. The smallest absolute Gasteiger partial charge is 0.0934 e. The molecule has 0 aromatic carbocycles. The maximum Gasteiger partial charge on any atom is 0.0934 e. The Morgan fingerprint density at radius 3 is 2.53 bits per heavy atom. The zero-order valence-corrected chi connectivity index (χ0v) is 12.4. The largest absolute Gasteiger partial charge is 0.296 e. The van der Waals surface area contributed by atoms with Crippen molar-refractivity contribution in [1.82, 2.24) is 10.2 Å². The number of rotatable bonds is 2. The van der Waals surface area contributed by atoms with E-state index in [1.165, 1.54) is 90.3 Å². The highest BCUT2D eigenvalue weighted by molar-refractivity contribution is 5.22. The summed E-state index contributed by atoms with van der Waals surface area (Å²) in [6.45, 7) is 3.84. The molecule has 0 saturated carbocycles. The first kappa shape index (κ1) is 13.6. The van der Waals surface area contributed by atoms with Gasteiger partial charge < -0.3 is 0 Å². The van der Waals surface area contributed by atoms with Gasteiger partial charge in [0.05, 0.1) is 5.66 Å². The number of nitrogens with one attached hydrogen (secondary N) is 1. The van der Waals surface area contributed by atoms with Crippen LogP contribution in [-0.2, 0) is 0 Å². The zero-order chi connectivity index (χ0) is 13.0. The van der Waals surface area contributed by atoms with E-state index in [1.807, 2.05) is 0 Å². The van der Waals surface area contributed by atoms with Crippen molar-refractivity contribution in [1.29, 1.82) is 0 Å². The van der Waals surface area contributed by atoms with Crippen LogP contribution in [0.5, 0.6) is 0 Å². The van der Waals surface area contributed by atoms with E-state index in [4.69, 9.17) is 0 Å². The Balaban J connectivity index is 1.85. The molecule has 0 amide bonds. The summed E-state index contributed by atoms with van der Waals surface area (Å²) in [6, 6.07) is 0. The van der Waals surface area contributed by atoms with E-state index < -0.39 is 0 Å². The molecule has 3 rings (SSSR count). The highest BCUT2D eigenvalue weighted by atomic mass is 15.3. The minimum absolute atomic E-state index is 0.247. The van der Waals surface area contributed by atoms with Crippen LogP contribution in [0.25, 0.3) is 0 Å². The van der Waals surface area contributed by atoms with Gasteiger partial charge in [0.1, 0.15) is 0 Å². The fourth-order valence-corrected chi connectivity index (χ4v) is 4.30. The molecule has 2 aliphatic heterocycles. The molecular formula is C17H30N2. The first-order valence-corrected chi connectivity index (χ1v) is 8.61. The summed E-state index contributed by atoms with van der Waals surface area (Å²) in [5.41, 5.74) is 1.99. The quantitative estimate of drug-likeness (QED) is 0.761. The molecule has 19 heavy (non-hydrogen) atoms. The van der Waals surface area contributed by atoms with Gasteiger partial charge in [0.15, 0.2) is 0 Å². The van der Waals surface area contributed by atoms with Gasteiger partial charge in [-0.15, -0.1) is 0 Å². The van der Waals surface area contributed by atoms with Crippen molar-refractivity contribution in [3.63, 3.8) is 0 Å². The first-order chi connectivity index (χ1) is 9.42. The predicted octanol–water partition coefficient (Wildman–Crippen LogP) is 3.83. The van der Waals surface area contributed by atoms with Gasteiger partial charge in [-0.1, -0.05) is 18.9 Å². The molecule has 0 spiro atoms. The number of hydrogen-bond donors (Lipinski definition) is 1. The van der Waals surface area contributed by atoms with Crippen LogP contribution in [0.2, 0.25) is 0 Å². The molecule has 1 N–H and O–H groups in total. The Morgan fingerprint density at radius 1 is 0.895 bits per heavy atom. The number of hydrogen-bond acceptors (Lipinski definition) is 2. The minimum atomic E-state index is 0.247. The maximum atomic E-state index is 4.00. The van der Waals surface area contributed by atoms with Crippen molar-refractivity contribution < 1.29 is 0 Å². The van der Waals surface area contributed by atoms with Crippen molar-refractivity contribution >= 4 is 0 Å². The second-order valence-electron chi connectivity index (χ2n) is 6.62. The van der Waals surface area contributed by atoms with E-state index in [2.05, 4.69) is 16.3 Å². The molecule has 2 heteroatoms. The summed E-state index contributed by atoms with van der Waals surface area (Å²) in [6.07, 6.45) is 17.8. The van der Waals surface area contributed by atoms with Crippen LogP contribution < -0.4 is 5.32 Å². The van der Waals surface area contributed by atoms with Crippen LogP contribution in [0.15, 0.2) is 11.6 Å². The van der Waals surface area contributed by atoms with E-state index >= 15 is 0 Å². The predicted molar refractivity (Wildman–Crippen MR) is 81.2 cm³/mol. The van der Waals surface area contributed by atoms with Crippen LogP contribution in [0.3, 0.4) is 0 Å². The maximum absolute atomic E-state index is 4.00. The van der Waals surface area contributed by atoms with Crippen LogP contribution in [0, 0.1) is 0 Å². The van der Waals surface area contributed by atoms with Gasteiger partial charge in [-0.2, -0.15) is 0 Å². The summed E-state index contributed by atoms with van der Waals surface area (Å²) in [5, 5.41) is 4.00. The lowest BCUT2D eigenvalue weighted by atomic mass is 9.83. The Kier molecular flexibility index (Phi) is 4.60. The Labute approximate surface area is 118 Å². The second kappa shape index (κ2) is 6.41. The monoisotopic (exact) mass is 262 g/mol. The molecule has 1 unspecified atom stereocenters. The van der Waals surface area contributed by atoms with Crippen molar-refractivity contribution in [3.05, 3.63) is 11.6 Å². The van der Waals surface area contributed by atoms with E-state index in [-0.39, 0.29) is 5.66 Å². The van der Waals surface area contributed by atoms with Gasteiger partial charge >= 0.3 is 0 Å². The third-order valence-corrected chi connectivity index (χ3v) is 5.35. The van der Waals surface area contributed by atoms with Crippen molar-refractivity contribution in [2.75, 3.05) is 19.6 Å². The average Bonchev–Trinajstić information content (AvgIpc) is 2.95. The number of nitrogens with zero attached hydrogens (tertiary/aromatic N) is 1. The molecule has 2 fully saturated rings. The number of likely N-dealkylation sites (tertiary alicyclic amines) is 1. The Morgan fingerprint density at radius 2 is 1.74 bits per heavy atom. The summed E-state index contributed by atoms with van der Waals surface area (Å²) < 4.78 is 0. The number of allylic oxidation sites excluding steroid dienone is 1. The van der Waals surface area contributed by atoms with Gasteiger partial charge in [0.25, 0.3) is 0 Å². The van der Waals surface area contributed by atoms with Crippen LogP contribution in [0.4, 0.5) is 0 Å². The molecule has 1 atom stereocenters. The Bertz CT molecular complexity index is 307. The Hall–Kier alpha value is -0.340. The zero-order valence-electron chi connectivity index (χ0n) is 12.4. The highest BCUT2D eigenvalue weighted by Crippen LogP contribution is 2.37. The van der Waals surface area contributed by atoms with Crippen LogP contribution in [-0.4, -0.2) is 30.2 Å². The fourth-order valence-electron chi connectivity index (χ4n) is 4.30. The van der Waals surface area contributed by atoms with E-state index in [1.54, 1.807) is 5.57 Å². The van der Waals surface area contributed by atoms with Crippen molar-refractivity contribution in [3.8, 4) is 0 Å². The third kappa shape index (κ3) is 2.90. The SMILES string of the molecule is C1=C(C2(N3CCCC3)CCCCCCN2)CCCC1. The summed E-state index contributed by atoms with van der Waals surface area (Å²) >= 11 is 0. The van der Waals surface area contributed by atoms with Crippen LogP contribution in [0.1, 0.15) is 70.6 Å². The molecule has 0 aromatic heterocycles. The normalized spacial score (nSPS) is 34.6. The molecule has 1 aliphatic carbocycles. The molecule has 0 aromatic rings. The van der Waals surface area contributed by atoms with Gasteiger partial charge in [-0.3, -0.25) is 10.2 Å². The molecule has 0 radical (unpaired) electrons. The summed E-state index contributed by atoms with van der Waals surface area (Å²) in [4.78, 5) is 2.79. The van der Waals surface area contributed by atoms with Crippen LogP contribution >= 0.6 is 0 Å². The van der Waals surface area contributed by atoms with Gasteiger partial charge in [-0.05, 0) is 69.9 Å². The lowest BCUT2D eigenvalue weighted by Crippen LogP contribution is -2.60. The summed E-state index contributed by atoms with van der Waals surface area (Å²) in [5.74, 6) is 0. The summed E-state index contributed by atoms with van der Waals surface area (Å²) in [7, 11) is 0. The molecular weight excluding hydrogens is 232 g/mol. The molecule has 0 bridgehead atoms. The molecule has 2 heterocycles. The van der Waals surface area contributed by atoms with Crippen molar-refractivity contribution in [2.45, 2.75) is 76.3 Å². The fraction of sp³-hybridized carbons (Fsp3) is 0.882. The second-order valence-corrected chi connectivity index (χ2v) is 6.62. The van der Waals surface area contributed by atoms with Gasteiger partial charge in [-0.25, -0.2) is 0 Å². The van der Waals surface area contributed by atoms with E-state index in [0.717, 1.165) is 0 Å². The van der Waals surface area contributed by atoms with Gasteiger partial charge in [0.2, 0.25) is 0 Å². The van der Waals surface area contributed by atoms with E-state index in [9.17, 15) is 0 Å². The molecule has 2 saturated heterocycles. The topological polar surface area (TPSA) is 15.3 Å².